The molecule has 4 aromatic rings. The average Bonchev–Trinajstić information content (AvgIpc) is 3.17. The summed E-state index contributed by atoms with van der Waals surface area (Å²) in [7, 11) is 0. The number of benzene rings is 2. The molecule has 5 rings (SSSR count). The third kappa shape index (κ3) is 4.64. The number of rotatable bonds is 6. The molecule has 0 saturated heterocycles. The van der Waals surface area contributed by atoms with Crippen LogP contribution in [0.4, 0.5) is 8.78 Å². The van der Waals surface area contributed by atoms with Crippen LogP contribution in [0.3, 0.4) is 0 Å². The van der Waals surface area contributed by atoms with E-state index in [0.29, 0.717) is 43.3 Å². The van der Waals surface area contributed by atoms with Gasteiger partial charge in [0.15, 0.2) is 0 Å². The molecule has 1 saturated carbocycles. The first-order chi connectivity index (χ1) is 17.3. The number of aromatic amines is 1. The third-order valence-corrected chi connectivity index (χ3v) is 6.84. The van der Waals surface area contributed by atoms with Crippen molar-refractivity contribution in [1.29, 1.82) is 0 Å². The van der Waals surface area contributed by atoms with E-state index in [4.69, 9.17) is 28.3 Å². The number of nitrogens with one attached hydrogen (secondary N) is 1. The fraction of sp³-hybridized carbons (Fsp3) is 0.148. The highest BCUT2D eigenvalue weighted by Crippen LogP contribution is 2.46. The van der Waals surface area contributed by atoms with Gasteiger partial charge >= 0.3 is 5.97 Å². The van der Waals surface area contributed by atoms with Crippen LogP contribution in [0.5, 0.6) is 0 Å². The summed E-state index contributed by atoms with van der Waals surface area (Å²) in [5, 5.41) is 16.3. The minimum atomic E-state index is -1.18. The van der Waals surface area contributed by atoms with Crippen molar-refractivity contribution in [2.45, 2.75) is 19.3 Å². The SMILES string of the molecule is O=C(O)C=Cc1ccc(C(=C(c2ncc(Cl)cc2Cl)C2CCC2)c2ccc3[nH]nc(F)c3c2)cc1F. The number of aliphatic carboxylic acids is 1. The second-order valence-corrected chi connectivity index (χ2v) is 9.43. The highest BCUT2D eigenvalue weighted by atomic mass is 35.5. The Morgan fingerprint density at radius 2 is 1.83 bits per heavy atom. The van der Waals surface area contributed by atoms with E-state index in [1.807, 2.05) is 6.07 Å². The van der Waals surface area contributed by atoms with Gasteiger partial charge in [0, 0.05) is 17.8 Å². The Morgan fingerprint density at radius 1 is 1.08 bits per heavy atom. The number of carboxylic acids is 1. The van der Waals surface area contributed by atoms with Crippen molar-refractivity contribution in [2.75, 3.05) is 0 Å². The van der Waals surface area contributed by atoms with Crippen LogP contribution >= 0.6 is 23.2 Å². The van der Waals surface area contributed by atoms with Crippen LogP contribution in [0.15, 0.2) is 54.7 Å². The maximum Gasteiger partial charge on any atom is 0.328 e. The predicted molar refractivity (Wildman–Crippen MR) is 137 cm³/mol. The molecule has 2 N–H and O–H groups in total. The van der Waals surface area contributed by atoms with Gasteiger partial charge in [0.25, 0.3) is 0 Å². The van der Waals surface area contributed by atoms with Crippen molar-refractivity contribution in [3.05, 3.63) is 98.9 Å². The summed E-state index contributed by atoms with van der Waals surface area (Å²) in [6.45, 7) is 0. The van der Waals surface area contributed by atoms with E-state index in [-0.39, 0.29) is 11.5 Å². The normalized spacial score (nSPS) is 14.8. The van der Waals surface area contributed by atoms with Crippen LogP contribution in [0.25, 0.3) is 28.1 Å². The van der Waals surface area contributed by atoms with Crippen LogP contribution in [-0.2, 0) is 4.79 Å². The molecule has 1 aliphatic rings. The Kier molecular flexibility index (Phi) is 6.60. The first kappa shape index (κ1) is 24.2. The van der Waals surface area contributed by atoms with E-state index >= 15 is 4.39 Å². The molecule has 0 bridgehead atoms. The standard InChI is InChI=1S/C27H19Cl2F2N3O2/c28-18-12-20(29)26(32-13-18)25(15-2-1-3-15)24(16-6-8-22-19(10-16)27(31)34-33-22)17-5-4-14(21(30)11-17)7-9-23(35)36/h4-13,15H,1-3H2,(H,33,34)(H,35,36). The highest BCUT2D eigenvalue weighted by molar-refractivity contribution is 6.35. The predicted octanol–water partition coefficient (Wildman–Crippen LogP) is 7.40. The smallest absolute Gasteiger partial charge is 0.328 e. The number of nitrogens with zero attached hydrogens (tertiary/aromatic N) is 2. The van der Waals surface area contributed by atoms with E-state index in [0.717, 1.165) is 30.9 Å². The lowest BCUT2D eigenvalue weighted by molar-refractivity contribution is -0.131. The van der Waals surface area contributed by atoms with Gasteiger partial charge in [0.2, 0.25) is 5.95 Å². The molecule has 0 spiro atoms. The van der Waals surface area contributed by atoms with Crippen LogP contribution in [0.1, 0.15) is 41.6 Å². The summed E-state index contributed by atoms with van der Waals surface area (Å²) in [5.41, 5.74) is 3.84. The summed E-state index contributed by atoms with van der Waals surface area (Å²) in [6.07, 6.45) is 6.39. The zero-order chi connectivity index (χ0) is 25.4. The molecule has 1 aliphatic carbocycles. The van der Waals surface area contributed by atoms with Gasteiger partial charge in [-0.3, -0.25) is 10.1 Å². The molecule has 2 aromatic heterocycles. The Labute approximate surface area is 215 Å². The minimum absolute atomic E-state index is 0.103. The molecule has 0 radical (unpaired) electrons. The number of hydrogen-bond acceptors (Lipinski definition) is 3. The van der Waals surface area contributed by atoms with Gasteiger partial charge in [-0.2, -0.15) is 4.39 Å². The third-order valence-electron chi connectivity index (χ3n) is 6.35. The van der Waals surface area contributed by atoms with Crippen molar-refractivity contribution in [3.63, 3.8) is 0 Å². The lowest BCUT2D eigenvalue weighted by Gasteiger charge is -2.31. The van der Waals surface area contributed by atoms with Gasteiger partial charge in [0.1, 0.15) is 5.82 Å². The average molecular weight is 526 g/mol. The number of allylic oxidation sites excluding steroid dienone is 1. The Bertz CT molecular complexity index is 1560. The molecule has 9 heteroatoms. The molecule has 182 valence electrons. The van der Waals surface area contributed by atoms with Crippen LogP contribution < -0.4 is 0 Å². The van der Waals surface area contributed by atoms with Gasteiger partial charge in [-0.05, 0) is 71.4 Å². The topological polar surface area (TPSA) is 78.9 Å². The summed E-state index contributed by atoms with van der Waals surface area (Å²) in [5.74, 6) is -2.31. The molecule has 0 aliphatic heterocycles. The van der Waals surface area contributed by atoms with Crippen molar-refractivity contribution in [1.82, 2.24) is 15.2 Å². The van der Waals surface area contributed by atoms with Crippen molar-refractivity contribution >= 4 is 57.3 Å². The van der Waals surface area contributed by atoms with Crippen molar-refractivity contribution in [2.24, 2.45) is 5.92 Å². The number of halogens is 4. The van der Waals surface area contributed by atoms with Crippen LogP contribution in [0, 0.1) is 17.7 Å². The van der Waals surface area contributed by atoms with E-state index in [2.05, 4.69) is 15.2 Å². The second-order valence-electron chi connectivity index (χ2n) is 8.58. The summed E-state index contributed by atoms with van der Waals surface area (Å²) >= 11 is 12.7. The van der Waals surface area contributed by atoms with Gasteiger partial charge in [-0.15, -0.1) is 5.10 Å². The molecule has 0 atom stereocenters. The number of carboxylic acid groups (broad SMARTS) is 1. The van der Waals surface area contributed by atoms with Gasteiger partial charge < -0.3 is 5.11 Å². The maximum atomic E-state index is 15.1. The quantitative estimate of drug-likeness (QED) is 0.257. The second kappa shape index (κ2) is 9.84. The fourth-order valence-corrected chi connectivity index (χ4v) is 4.90. The van der Waals surface area contributed by atoms with E-state index in [1.165, 1.54) is 24.4 Å². The zero-order valence-electron chi connectivity index (χ0n) is 18.7. The minimum Gasteiger partial charge on any atom is -0.478 e. The first-order valence-electron chi connectivity index (χ1n) is 11.2. The summed E-state index contributed by atoms with van der Waals surface area (Å²) in [4.78, 5) is 15.4. The van der Waals surface area contributed by atoms with Crippen molar-refractivity contribution < 1.29 is 18.7 Å². The molecule has 36 heavy (non-hydrogen) atoms. The monoisotopic (exact) mass is 525 g/mol. The maximum absolute atomic E-state index is 15.1. The highest BCUT2D eigenvalue weighted by Gasteiger charge is 2.30. The molecule has 0 amide bonds. The summed E-state index contributed by atoms with van der Waals surface area (Å²) in [6, 6.07) is 11.4. The molecule has 5 nitrogen and oxygen atoms in total. The first-order valence-corrected chi connectivity index (χ1v) is 12.0. The molecular weight excluding hydrogens is 507 g/mol. The number of H-pyrrole nitrogens is 1. The molecule has 2 aromatic carbocycles. The number of pyridine rings is 1. The molecule has 0 unspecified atom stereocenters. The van der Waals surface area contributed by atoms with Crippen LogP contribution in [0.2, 0.25) is 10.0 Å². The lowest BCUT2D eigenvalue weighted by atomic mass is 9.74. The lowest BCUT2D eigenvalue weighted by Crippen LogP contribution is -2.16. The number of carbonyl (C=O) groups is 1. The van der Waals surface area contributed by atoms with E-state index in [9.17, 15) is 9.18 Å². The van der Waals surface area contributed by atoms with Crippen LogP contribution in [-0.4, -0.2) is 26.3 Å². The number of hydrogen-bond donors (Lipinski definition) is 2. The zero-order valence-corrected chi connectivity index (χ0v) is 20.2. The molecule has 2 heterocycles. The van der Waals surface area contributed by atoms with Gasteiger partial charge in [0.05, 0.1) is 26.6 Å². The van der Waals surface area contributed by atoms with Gasteiger partial charge in [-0.1, -0.05) is 47.8 Å². The largest absolute Gasteiger partial charge is 0.478 e. The summed E-state index contributed by atoms with van der Waals surface area (Å²) < 4.78 is 29.5. The number of aromatic nitrogens is 3. The Balaban J connectivity index is 1.80. The Hall–Kier alpha value is -3.55. The number of fused-ring (bicyclic) bond motifs is 1. The fourth-order valence-electron chi connectivity index (χ4n) is 4.42. The van der Waals surface area contributed by atoms with E-state index < -0.39 is 17.7 Å². The molecule has 1 fully saturated rings. The van der Waals surface area contributed by atoms with Gasteiger partial charge in [-0.25, -0.2) is 9.18 Å². The molecular formula is C27H19Cl2F2N3O2. The van der Waals surface area contributed by atoms with Crippen molar-refractivity contribution in [3.8, 4) is 0 Å². The Morgan fingerprint density at radius 3 is 2.50 bits per heavy atom. The van der Waals surface area contributed by atoms with E-state index in [1.54, 1.807) is 24.3 Å².